The minimum atomic E-state index is 0.474. The first-order valence-electron chi connectivity index (χ1n) is 7.24. The molecule has 3 nitrogen and oxygen atoms in total. The SMILES string of the molecule is Cc1cc([C@@H]2CCCN2Cc2ccccc2)cnc1N. The van der Waals surface area contributed by atoms with Crippen LogP contribution in [-0.4, -0.2) is 16.4 Å². The van der Waals surface area contributed by atoms with Crippen molar-refractivity contribution >= 4 is 5.82 Å². The van der Waals surface area contributed by atoms with Crippen molar-refractivity contribution in [2.75, 3.05) is 12.3 Å². The van der Waals surface area contributed by atoms with E-state index in [1.165, 1.54) is 24.0 Å². The minimum absolute atomic E-state index is 0.474. The summed E-state index contributed by atoms with van der Waals surface area (Å²) in [6.45, 7) is 4.19. The monoisotopic (exact) mass is 267 g/mol. The van der Waals surface area contributed by atoms with Gasteiger partial charge in [0, 0.05) is 18.8 Å². The summed E-state index contributed by atoms with van der Waals surface area (Å²) in [5, 5.41) is 0. The molecule has 2 aromatic rings. The van der Waals surface area contributed by atoms with E-state index < -0.39 is 0 Å². The molecule has 0 aliphatic carbocycles. The van der Waals surface area contributed by atoms with Gasteiger partial charge in [0.2, 0.25) is 0 Å². The predicted octanol–water partition coefficient (Wildman–Crippen LogP) is 3.31. The van der Waals surface area contributed by atoms with Gasteiger partial charge in [-0.1, -0.05) is 30.3 Å². The fourth-order valence-electron chi connectivity index (χ4n) is 3.00. The van der Waals surface area contributed by atoms with E-state index in [-0.39, 0.29) is 0 Å². The molecular formula is C17H21N3. The van der Waals surface area contributed by atoms with Crippen LogP contribution in [0.5, 0.6) is 0 Å². The van der Waals surface area contributed by atoms with Gasteiger partial charge in [0.1, 0.15) is 5.82 Å². The quantitative estimate of drug-likeness (QED) is 0.927. The molecule has 1 aliphatic heterocycles. The Kier molecular flexibility index (Phi) is 3.70. The smallest absolute Gasteiger partial charge is 0.126 e. The Labute approximate surface area is 120 Å². The number of hydrogen-bond acceptors (Lipinski definition) is 3. The van der Waals surface area contributed by atoms with E-state index in [1.807, 2.05) is 13.1 Å². The number of anilines is 1. The number of nitrogens with zero attached hydrogens (tertiary/aromatic N) is 2. The number of benzene rings is 1. The molecule has 1 saturated heterocycles. The van der Waals surface area contributed by atoms with Gasteiger partial charge in [-0.25, -0.2) is 4.98 Å². The van der Waals surface area contributed by atoms with Gasteiger partial charge >= 0.3 is 0 Å². The number of nitrogen functional groups attached to an aromatic ring is 1. The van der Waals surface area contributed by atoms with Gasteiger partial charge in [0.05, 0.1) is 0 Å². The standard InChI is InChI=1S/C17H21N3/c1-13-10-15(11-19-17(13)18)16-8-5-9-20(16)12-14-6-3-2-4-7-14/h2-4,6-7,10-11,16H,5,8-9,12H2,1H3,(H2,18,19)/t16-/m0/s1. The maximum absolute atomic E-state index is 5.82. The molecular weight excluding hydrogens is 246 g/mol. The van der Waals surface area contributed by atoms with Gasteiger partial charge in [-0.3, -0.25) is 4.90 Å². The molecule has 0 saturated carbocycles. The molecule has 0 spiro atoms. The second-order valence-electron chi connectivity index (χ2n) is 5.58. The number of likely N-dealkylation sites (tertiary alicyclic amines) is 1. The zero-order valence-electron chi connectivity index (χ0n) is 11.9. The molecule has 104 valence electrons. The lowest BCUT2D eigenvalue weighted by Gasteiger charge is -2.25. The molecule has 2 heterocycles. The molecule has 0 unspecified atom stereocenters. The molecule has 0 radical (unpaired) electrons. The summed E-state index contributed by atoms with van der Waals surface area (Å²) in [4.78, 5) is 6.86. The molecule has 0 amide bonds. The Balaban J connectivity index is 1.80. The number of rotatable bonds is 3. The Morgan fingerprint density at radius 1 is 1.30 bits per heavy atom. The maximum atomic E-state index is 5.82. The van der Waals surface area contributed by atoms with Crippen molar-refractivity contribution in [3.63, 3.8) is 0 Å². The number of nitrogens with two attached hydrogens (primary N) is 1. The van der Waals surface area contributed by atoms with Gasteiger partial charge in [-0.2, -0.15) is 0 Å². The van der Waals surface area contributed by atoms with Crippen molar-refractivity contribution < 1.29 is 0 Å². The molecule has 1 aliphatic rings. The van der Waals surface area contributed by atoms with Crippen LogP contribution in [0.4, 0.5) is 5.82 Å². The largest absolute Gasteiger partial charge is 0.383 e. The van der Waals surface area contributed by atoms with E-state index in [9.17, 15) is 0 Å². The van der Waals surface area contributed by atoms with Crippen molar-refractivity contribution in [1.82, 2.24) is 9.88 Å². The molecule has 1 fully saturated rings. The van der Waals surface area contributed by atoms with Gasteiger partial charge < -0.3 is 5.73 Å². The highest BCUT2D eigenvalue weighted by Crippen LogP contribution is 2.33. The zero-order chi connectivity index (χ0) is 13.9. The first-order valence-corrected chi connectivity index (χ1v) is 7.24. The highest BCUT2D eigenvalue weighted by atomic mass is 15.2. The Bertz CT molecular complexity index is 580. The number of aromatic nitrogens is 1. The van der Waals surface area contributed by atoms with Gasteiger partial charge in [0.15, 0.2) is 0 Å². The Morgan fingerprint density at radius 3 is 2.85 bits per heavy atom. The van der Waals surface area contributed by atoms with E-state index in [1.54, 1.807) is 0 Å². The Hall–Kier alpha value is -1.87. The third-order valence-corrected chi connectivity index (χ3v) is 4.12. The van der Waals surface area contributed by atoms with Crippen LogP contribution in [0.1, 0.15) is 35.6 Å². The summed E-state index contributed by atoms with van der Waals surface area (Å²) in [5.41, 5.74) is 9.57. The number of aryl methyl sites for hydroxylation is 1. The third kappa shape index (κ3) is 2.68. The molecule has 0 bridgehead atoms. The first kappa shape index (κ1) is 13.1. The van der Waals surface area contributed by atoms with Gasteiger partial charge in [-0.05, 0) is 49.1 Å². The second-order valence-corrected chi connectivity index (χ2v) is 5.58. The minimum Gasteiger partial charge on any atom is -0.383 e. The fraction of sp³-hybridized carbons (Fsp3) is 0.353. The van der Waals surface area contributed by atoms with Crippen LogP contribution in [0.15, 0.2) is 42.6 Å². The fourth-order valence-corrected chi connectivity index (χ4v) is 3.00. The highest BCUT2D eigenvalue weighted by Gasteiger charge is 2.26. The molecule has 3 heteroatoms. The highest BCUT2D eigenvalue weighted by molar-refractivity contribution is 5.40. The van der Waals surface area contributed by atoms with Gasteiger partial charge in [-0.15, -0.1) is 0 Å². The van der Waals surface area contributed by atoms with Crippen molar-refractivity contribution in [2.24, 2.45) is 0 Å². The summed E-state index contributed by atoms with van der Waals surface area (Å²) in [6, 6.07) is 13.3. The molecule has 3 rings (SSSR count). The maximum Gasteiger partial charge on any atom is 0.126 e. The summed E-state index contributed by atoms with van der Waals surface area (Å²) in [5.74, 6) is 0.640. The van der Waals surface area contributed by atoms with Crippen LogP contribution in [0.2, 0.25) is 0 Å². The lowest BCUT2D eigenvalue weighted by Crippen LogP contribution is -2.23. The van der Waals surface area contributed by atoms with E-state index >= 15 is 0 Å². The summed E-state index contributed by atoms with van der Waals surface area (Å²) >= 11 is 0. The van der Waals surface area contributed by atoms with Crippen LogP contribution in [0.3, 0.4) is 0 Å². The molecule has 20 heavy (non-hydrogen) atoms. The predicted molar refractivity (Wildman–Crippen MR) is 82.2 cm³/mol. The number of pyridine rings is 1. The zero-order valence-corrected chi connectivity index (χ0v) is 11.9. The van der Waals surface area contributed by atoms with Gasteiger partial charge in [0.25, 0.3) is 0 Å². The van der Waals surface area contributed by atoms with Crippen molar-refractivity contribution in [2.45, 2.75) is 32.4 Å². The molecule has 1 atom stereocenters. The van der Waals surface area contributed by atoms with E-state index in [0.29, 0.717) is 11.9 Å². The van der Waals surface area contributed by atoms with Crippen LogP contribution >= 0.6 is 0 Å². The average molecular weight is 267 g/mol. The summed E-state index contributed by atoms with van der Waals surface area (Å²) < 4.78 is 0. The summed E-state index contributed by atoms with van der Waals surface area (Å²) in [7, 11) is 0. The average Bonchev–Trinajstić information content (AvgIpc) is 2.91. The van der Waals surface area contributed by atoms with E-state index in [2.05, 4.69) is 46.3 Å². The molecule has 2 N–H and O–H groups in total. The lowest BCUT2D eigenvalue weighted by atomic mass is 10.0. The molecule has 1 aromatic carbocycles. The Morgan fingerprint density at radius 2 is 2.10 bits per heavy atom. The van der Waals surface area contributed by atoms with Crippen molar-refractivity contribution in [1.29, 1.82) is 0 Å². The van der Waals surface area contributed by atoms with Crippen molar-refractivity contribution in [3.8, 4) is 0 Å². The molecule has 1 aromatic heterocycles. The summed E-state index contributed by atoms with van der Waals surface area (Å²) in [6.07, 6.45) is 4.40. The van der Waals surface area contributed by atoms with E-state index in [0.717, 1.165) is 18.7 Å². The first-order chi connectivity index (χ1) is 9.74. The normalized spacial score (nSPS) is 19.4. The van der Waals surface area contributed by atoms with Crippen LogP contribution in [0.25, 0.3) is 0 Å². The van der Waals surface area contributed by atoms with Crippen LogP contribution < -0.4 is 5.73 Å². The van der Waals surface area contributed by atoms with E-state index in [4.69, 9.17) is 5.73 Å². The van der Waals surface area contributed by atoms with Crippen LogP contribution in [-0.2, 0) is 6.54 Å². The third-order valence-electron chi connectivity index (χ3n) is 4.12. The lowest BCUT2D eigenvalue weighted by molar-refractivity contribution is 0.248. The van der Waals surface area contributed by atoms with Crippen LogP contribution in [0, 0.1) is 6.92 Å². The number of hydrogen-bond donors (Lipinski definition) is 1. The van der Waals surface area contributed by atoms with Crippen molar-refractivity contribution in [3.05, 3.63) is 59.3 Å². The topological polar surface area (TPSA) is 42.2 Å². The second kappa shape index (κ2) is 5.63.